The van der Waals surface area contributed by atoms with Crippen molar-refractivity contribution < 1.29 is 4.74 Å². The van der Waals surface area contributed by atoms with Gasteiger partial charge in [-0.1, -0.05) is 42.8 Å². The van der Waals surface area contributed by atoms with Gasteiger partial charge in [0.2, 0.25) is 0 Å². The zero-order valence-electron chi connectivity index (χ0n) is 10.9. The summed E-state index contributed by atoms with van der Waals surface area (Å²) >= 11 is 0. The van der Waals surface area contributed by atoms with Crippen molar-refractivity contribution in [3.05, 3.63) is 59.7 Å². The molecule has 0 saturated carbocycles. The normalized spacial score (nSPS) is 10.3. The van der Waals surface area contributed by atoms with E-state index in [1.165, 1.54) is 11.1 Å². The van der Waals surface area contributed by atoms with E-state index in [1.54, 1.807) is 0 Å². The van der Waals surface area contributed by atoms with Gasteiger partial charge in [0.1, 0.15) is 11.5 Å². The third-order valence-electron chi connectivity index (χ3n) is 2.79. The Kier molecular flexibility index (Phi) is 4.37. The number of para-hydroxylation sites is 1. The minimum absolute atomic E-state index is 0.832. The molecular weight excluding hydrogens is 222 g/mol. The molecule has 0 atom stereocenters. The highest BCUT2D eigenvalue weighted by Crippen LogP contribution is 2.25. The van der Waals surface area contributed by atoms with Gasteiger partial charge in [-0.05, 0) is 31.7 Å². The molecule has 0 fully saturated rings. The van der Waals surface area contributed by atoms with Crippen LogP contribution in [0.3, 0.4) is 0 Å². The van der Waals surface area contributed by atoms with E-state index in [0.29, 0.717) is 0 Å². The molecule has 2 aromatic carbocycles. The van der Waals surface area contributed by atoms with E-state index in [1.807, 2.05) is 30.3 Å². The Labute approximate surface area is 109 Å². The maximum atomic E-state index is 5.92. The van der Waals surface area contributed by atoms with E-state index in [2.05, 4.69) is 37.4 Å². The van der Waals surface area contributed by atoms with Crippen molar-refractivity contribution in [3.63, 3.8) is 0 Å². The van der Waals surface area contributed by atoms with Crippen molar-refractivity contribution in [1.29, 1.82) is 0 Å². The van der Waals surface area contributed by atoms with Crippen LogP contribution in [-0.2, 0) is 6.54 Å². The first-order valence-electron chi connectivity index (χ1n) is 6.32. The smallest absolute Gasteiger partial charge is 0.131 e. The van der Waals surface area contributed by atoms with Gasteiger partial charge in [0.25, 0.3) is 0 Å². The van der Waals surface area contributed by atoms with Gasteiger partial charge >= 0.3 is 0 Å². The lowest BCUT2D eigenvalue weighted by molar-refractivity contribution is 0.473. The van der Waals surface area contributed by atoms with E-state index in [-0.39, 0.29) is 0 Å². The molecular formula is C16H19NO. The molecule has 0 heterocycles. The second kappa shape index (κ2) is 6.22. The predicted octanol–water partition coefficient (Wildman–Crippen LogP) is 3.90. The van der Waals surface area contributed by atoms with Crippen molar-refractivity contribution in [1.82, 2.24) is 5.32 Å². The number of nitrogens with one attached hydrogen (secondary N) is 1. The van der Waals surface area contributed by atoms with E-state index < -0.39 is 0 Å². The molecule has 2 heteroatoms. The van der Waals surface area contributed by atoms with Crippen LogP contribution >= 0.6 is 0 Å². The van der Waals surface area contributed by atoms with Gasteiger partial charge < -0.3 is 10.1 Å². The average Bonchev–Trinajstić information content (AvgIpc) is 2.40. The van der Waals surface area contributed by atoms with Gasteiger partial charge in [-0.2, -0.15) is 0 Å². The summed E-state index contributed by atoms with van der Waals surface area (Å²) in [6.07, 6.45) is 0. The summed E-state index contributed by atoms with van der Waals surface area (Å²) in [7, 11) is 0. The first kappa shape index (κ1) is 12.7. The van der Waals surface area contributed by atoms with Gasteiger partial charge in [-0.15, -0.1) is 0 Å². The van der Waals surface area contributed by atoms with Crippen LogP contribution in [0.5, 0.6) is 11.5 Å². The molecule has 0 unspecified atom stereocenters. The monoisotopic (exact) mass is 241 g/mol. The maximum absolute atomic E-state index is 5.92. The third kappa shape index (κ3) is 3.34. The van der Waals surface area contributed by atoms with E-state index in [9.17, 15) is 0 Å². The van der Waals surface area contributed by atoms with Crippen LogP contribution in [0.15, 0.2) is 48.5 Å². The summed E-state index contributed by atoms with van der Waals surface area (Å²) in [4.78, 5) is 0. The summed E-state index contributed by atoms with van der Waals surface area (Å²) in [6.45, 7) is 5.96. The van der Waals surface area contributed by atoms with Crippen molar-refractivity contribution >= 4 is 0 Å². The molecule has 0 saturated heterocycles. The Bertz CT molecular complexity index is 491. The second-order valence-corrected chi connectivity index (χ2v) is 4.30. The van der Waals surface area contributed by atoms with Gasteiger partial charge in [-0.3, -0.25) is 0 Å². The summed E-state index contributed by atoms with van der Waals surface area (Å²) in [5, 5.41) is 3.32. The van der Waals surface area contributed by atoms with Crippen molar-refractivity contribution in [3.8, 4) is 11.5 Å². The zero-order chi connectivity index (χ0) is 12.8. The van der Waals surface area contributed by atoms with Crippen LogP contribution < -0.4 is 10.1 Å². The molecule has 2 aromatic rings. The quantitative estimate of drug-likeness (QED) is 0.857. The van der Waals surface area contributed by atoms with Crippen molar-refractivity contribution in [2.45, 2.75) is 20.4 Å². The Balaban J connectivity index is 2.15. The molecule has 94 valence electrons. The van der Waals surface area contributed by atoms with E-state index in [4.69, 9.17) is 4.74 Å². The summed E-state index contributed by atoms with van der Waals surface area (Å²) in [5.41, 5.74) is 2.42. The fraction of sp³-hybridized carbons (Fsp3) is 0.250. The summed E-state index contributed by atoms with van der Waals surface area (Å²) < 4.78 is 5.92. The molecule has 0 aliphatic carbocycles. The van der Waals surface area contributed by atoms with Crippen LogP contribution in [0, 0.1) is 6.92 Å². The minimum Gasteiger partial charge on any atom is -0.457 e. The number of hydrogen-bond donors (Lipinski definition) is 1. The molecule has 1 N–H and O–H groups in total. The van der Waals surface area contributed by atoms with Crippen LogP contribution in [-0.4, -0.2) is 6.54 Å². The summed E-state index contributed by atoms with van der Waals surface area (Å²) in [6, 6.07) is 16.2. The van der Waals surface area contributed by atoms with Gasteiger partial charge in [0, 0.05) is 12.1 Å². The fourth-order valence-corrected chi connectivity index (χ4v) is 1.74. The number of aryl methyl sites for hydroxylation is 1. The molecule has 2 rings (SSSR count). The minimum atomic E-state index is 0.832. The van der Waals surface area contributed by atoms with Crippen molar-refractivity contribution in [2.75, 3.05) is 6.54 Å². The molecule has 0 radical (unpaired) electrons. The lowest BCUT2D eigenvalue weighted by Crippen LogP contribution is -2.12. The summed E-state index contributed by atoms with van der Waals surface area (Å²) in [5.74, 6) is 1.80. The van der Waals surface area contributed by atoms with Gasteiger partial charge in [0.15, 0.2) is 0 Å². The van der Waals surface area contributed by atoms with Crippen LogP contribution in [0.4, 0.5) is 0 Å². The van der Waals surface area contributed by atoms with Crippen LogP contribution in [0.1, 0.15) is 18.1 Å². The average molecular weight is 241 g/mol. The number of hydrogen-bond acceptors (Lipinski definition) is 2. The Morgan fingerprint density at radius 1 is 1.00 bits per heavy atom. The highest BCUT2D eigenvalue weighted by Gasteiger charge is 2.03. The highest BCUT2D eigenvalue weighted by atomic mass is 16.5. The fourth-order valence-electron chi connectivity index (χ4n) is 1.74. The second-order valence-electron chi connectivity index (χ2n) is 4.30. The third-order valence-corrected chi connectivity index (χ3v) is 2.79. The van der Waals surface area contributed by atoms with Gasteiger partial charge in [0.05, 0.1) is 0 Å². The Hall–Kier alpha value is -1.80. The highest BCUT2D eigenvalue weighted by molar-refractivity contribution is 5.38. The molecule has 0 aliphatic heterocycles. The molecule has 0 aromatic heterocycles. The SMILES string of the molecule is CCNCc1ccccc1Oc1ccc(C)cc1. The van der Waals surface area contributed by atoms with Crippen LogP contribution in [0.2, 0.25) is 0 Å². The van der Waals surface area contributed by atoms with E-state index >= 15 is 0 Å². The number of ether oxygens (including phenoxy) is 1. The van der Waals surface area contributed by atoms with Crippen LogP contribution in [0.25, 0.3) is 0 Å². The first-order valence-corrected chi connectivity index (χ1v) is 6.32. The predicted molar refractivity (Wildman–Crippen MR) is 75.1 cm³/mol. The molecule has 2 nitrogen and oxygen atoms in total. The first-order chi connectivity index (χ1) is 8.79. The largest absolute Gasteiger partial charge is 0.457 e. The molecule has 0 bridgehead atoms. The topological polar surface area (TPSA) is 21.3 Å². The number of rotatable bonds is 5. The molecule has 0 aliphatic rings. The van der Waals surface area contributed by atoms with Gasteiger partial charge in [-0.25, -0.2) is 0 Å². The zero-order valence-corrected chi connectivity index (χ0v) is 10.9. The van der Waals surface area contributed by atoms with E-state index in [0.717, 1.165) is 24.6 Å². The Morgan fingerprint density at radius 3 is 2.44 bits per heavy atom. The molecule has 0 amide bonds. The number of benzene rings is 2. The molecule has 0 spiro atoms. The Morgan fingerprint density at radius 2 is 1.72 bits per heavy atom. The van der Waals surface area contributed by atoms with Crippen molar-refractivity contribution in [2.24, 2.45) is 0 Å². The lowest BCUT2D eigenvalue weighted by Gasteiger charge is -2.11. The standard InChI is InChI=1S/C16H19NO/c1-3-17-12-14-6-4-5-7-16(14)18-15-10-8-13(2)9-11-15/h4-11,17H,3,12H2,1-2H3. The lowest BCUT2D eigenvalue weighted by atomic mass is 10.2. The molecule has 18 heavy (non-hydrogen) atoms. The maximum Gasteiger partial charge on any atom is 0.131 e.